The van der Waals surface area contributed by atoms with Crippen molar-refractivity contribution in [3.05, 3.63) is 35.9 Å². The van der Waals surface area contributed by atoms with Crippen molar-refractivity contribution in [3.63, 3.8) is 0 Å². The zero-order chi connectivity index (χ0) is 18.9. The highest BCUT2D eigenvalue weighted by Crippen LogP contribution is 2.08. The molecular weight excluding hydrogens is 326 g/mol. The summed E-state index contributed by atoms with van der Waals surface area (Å²) in [5.74, 6) is -0.878. The molecule has 140 valence electrons. The first-order valence-electron chi connectivity index (χ1n) is 8.22. The van der Waals surface area contributed by atoms with E-state index in [0.29, 0.717) is 6.42 Å². The Morgan fingerprint density at radius 3 is 2.40 bits per heavy atom. The van der Waals surface area contributed by atoms with Gasteiger partial charge in [0.1, 0.15) is 12.2 Å². The van der Waals surface area contributed by atoms with Crippen molar-refractivity contribution >= 4 is 12.1 Å². The average molecular weight is 353 g/mol. The Bertz CT molecular complexity index is 540. The summed E-state index contributed by atoms with van der Waals surface area (Å²) >= 11 is 0. The maximum Gasteiger partial charge on any atom is 0.407 e. The van der Waals surface area contributed by atoms with Gasteiger partial charge in [-0.2, -0.15) is 0 Å². The topological polar surface area (TPSA) is 105 Å². The Kier molecular flexibility index (Phi) is 8.37. The van der Waals surface area contributed by atoms with Crippen LogP contribution in [0.5, 0.6) is 0 Å². The first-order valence-corrected chi connectivity index (χ1v) is 8.22. The molecule has 1 amide bonds. The molecule has 0 aromatic heterocycles. The summed E-state index contributed by atoms with van der Waals surface area (Å²) < 4.78 is 10.0. The van der Waals surface area contributed by atoms with Crippen LogP contribution < -0.4 is 5.32 Å². The maximum absolute atomic E-state index is 11.7. The summed E-state index contributed by atoms with van der Waals surface area (Å²) in [5, 5.41) is 22.2. The van der Waals surface area contributed by atoms with Gasteiger partial charge in [-0.05, 0) is 39.2 Å². The average Bonchev–Trinajstić information content (AvgIpc) is 2.55. The lowest BCUT2D eigenvalue weighted by Gasteiger charge is -2.20. The van der Waals surface area contributed by atoms with Crippen LogP contribution in [0.1, 0.15) is 39.2 Å². The number of rotatable bonds is 8. The molecule has 7 heteroatoms. The zero-order valence-corrected chi connectivity index (χ0v) is 14.9. The molecule has 0 unspecified atom stereocenters. The Morgan fingerprint density at radius 1 is 1.16 bits per heavy atom. The van der Waals surface area contributed by atoms with Gasteiger partial charge in [-0.15, -0.1) is 0 Å². The van der Waals surface area contributed by atoms with E-state index in [9.17, 15) is 19.8 Å². The van der Waals surface area contributed by atoms with Crippen molar-refractivity contribution in [1.82, 2.24) is 5.32 Å². The van der Waals surface area contributed by atoms with E-state index >= 15 is 0 Å². The van der Waals surface area contributed by atoms with Gasteiger partial charge in [0.2, 0.25) is 0 Å². The molecule has 0 spiro atoms. The molecule has 3 N–H and O–H groups in total. The second-order valence-corrected chi connectivity index (χ2v) is 6.68. The first-order chi connectivity index (χ1) is 11.7. The molecule has 0 aliphatic rings. The third-order valence-electron chi connectivity index (χ3n) is 3.17. The predicted molar refractivity (Wildman–Crippen MR) is 91.7 cm³/mol. The molecular formula is C18H27NO6. The van der Waals surface area contributed by atoms with Gasteiger partial charge in [-0.3, -0.25) is 0 Å². The second-order valence-electron chi connectivity index (χ2n) is 6.68. The zero-order valence-electron chi connectivity index (χ0n) is 14.9. The van der Waals surface area contributed by atoms with Crippen LogP contribution in [-0.2, 0) is 20.9 Å². The van der Waals surface area contributed by atoms with Crippen LogP contribution in [0, 0.1) is 0 Å². The fraction of sp³-hybridized carbons (Fsp3) is 0.556. The van der Waals surface area contributed by atoms with E-state index in [2.05, 4.69) is 5.32 Å². The van der Waals surface area contributed by atoms with Crippen LogP contribution >= 0.6 is 0 Å². The molecule has 0 saturated heterocycles. The van der Waals surface area contributed by atoms with Crippen molar-refractivity contribution in [2.75, 3.05) is 6.54 Å². The predicted octanol–water partition coefficient (Wildman–Crippen LogP) is 1.76. The molecule has 1 aromatic carbocycles. The molecule has 2 atom stereocenters. The van der Waals surface area contributed by atoms with Gasteiger partial charge < -0.3 is 25.0 Å². The Balaban J connectivity index is 2.23. The highest BCUT2D eigenvalue weighted by Gasteiger charge is 2.25. The fourth-order valence-electron chi connectivity index (χ4n) is 1.94. The van der Waals surface area contributed by atoms with Crippen molar-refractivity contribution in [2.45, 2.75) is 58.0 Å². The van der Waals surface area contributed by atoms with Gasteiger partial charge in [-0.1, -0.05) is 30.3 Å². The fourth-order valence-corrected chi connectivity index (χ4v) is 1.94. The Morgan fingerprint density at radius 2 is 1.80 bits per heavy atom. The number of alkyl carbamates (subject to hydrolysis) is 1. The summed E-state index contributed by atoms with van der Waals surface area (Å²) in [4.78, 5) is 23.2. The van der Waals surface area contributed by atoms with E-state index < -0.39 is 29.9 Å². The molecule has 0 radical (unpaired) electrons. The van der Waals surface area contributed by atoms with E-state index in [0.717, 1.165) is 5.56 Å². The number of esters is 1. The minimum atomic E-state index is -1.62. The van der Waals surface area contributed by atoms with Crippen LogP contribution in [0.4, 0.5) is 4.79 Å². The van der Waals surface area contributed by atoms with Crippen molar-refractivity contribution in [3.8, 4) is 0 Å². The number of hydrogen-bond acceptors (Lipinski definition) is 6. The SMILES string of the molecule is CC(C)(C)OC(=O)NCCC[C@H](O)[C@@H](O)C(=O)OCc1ccccc1. The third kappa shape index (κ3) is 9.07. The number of benzene rings is 1. The molecule has 0 aliphatic carbocycles. The van der Waals surface area contributed by atoms with E-state index in [1.807, 2.05) is 18.2 Å². The molecule has 0 bridgehead atoms. The Labute approximate surface area is 147 Å². The van der Waals surface area contributed by atoms with Crippen LogP contribution in [0.15, 0.2) is 30.3 Å². The lowest BCUT2D eigenvalue weighted by molar-refractivity contribution is -0.161. The monoisotopic (exact) mass is 353 g/mol. The molecule has 0 heterocycles. The lowest BCUT2D eigenvalue weighted by Crippen LogP contribution is -2.36. The minimum Gasteiger partial charge on any atom is -0.459 e. The van der Waals surface area contributed by atoms with Crippen LogP contribution in [0.2, 0.25) is 0 Å². The number of aliphatic hydroxyl groups is 2. The maximum atomic E-state index is 11.7. The number of ether oxygens (including phenoxy) is 2. The van der Waals surface area contributed by atoms with E-state index in [1.165, 1.54) is 0 Å². The van der Waals surface area contributed by atoms with Gasteiger partial charge in [0.05, 0.1) is 6.10 Å². The Hall–Kier alpha value is -2.12. The molecule has 0 saturated carbocycles. The molecule has 0 fully saturated rings. The van der Waals surface area contributed by atoms with Crippen molar-refractivity contribution in [1.29, 1.82) is 0 Å². The van der Waals surface area contributed by atoms with Gasteiger partial charge in [-0.25, -0.2) is 9.59 Å². The number of nitrogens with one attached hydrogen (secondary N) is 1. The standard InChI is InChI=1S/C18H27NO6/c1-18(2,3)25-17(23)19-11-7-10-14(20)15(21)16(22)24-12-13-8-5-4-6-9-13/h4-6,8-9,14-15,20-21H,7,10-12H2,1-3H3,(H,19,23)/t14-,15+/m0/s1. The summed E-state index contributed by atoms with van der Waals surface area (Å²) in [5.41, 5.74) is 0.210. The van der Waals surface area contributed by atoms with E-state index in [-0.39, 0.29) is 19.6 Å². The lowest BCUT2D eigenvalue weighted by atomic mass is 10.1. The van der Waals surface area contributed by atoms with Crippen LogP contribution in [-0.4, -0.2) is 46.6 Å². The molecule has 1 aromatic rings. The summed E-state index contributed by atoms with van der Waals surface area (Å²) in [7, 11) is 0. The third-order valence-corrected chi connectivity index (χ3v) is 3.17. The summed E-state index contributed by atoms with van der Waals surface area (Å²) in [6.07, 6.45) is -2.92. The number of carbonyl (C=O) groups excluding carboxylic acids is 2. The first kappa shape index (κ1) is 20.9. The quantitative estimate of drug-likeness (QED) is 0.486. The van der Waals surface area contributed by atoms with Gasteiger partial charge >= 0.3 is 12.1 Å². The second kappa shape index (κ2) is 10.0. The number of hydrogen-bond donors (Lipinski definition) is 3. The summed E-state index contributed by atoms with van der Waals surface area (Å²) in [6.45, 7) is 5.57. The van der Waals surface area contributed by atoms with E-state index in [4.69, 9.17) is 9.47 Å². The highest BCUT2D eigenvalue weighted by molar-refractivity contribution is 5.75. The van der Waals surface area contributed by atoms with Crippen LogP contribution in [0.3, 0.4) is 0 Å². The van der Waals surface area contributed by atoms with Gasteiger partial charge in [0.15, 0.2) is 6.10 Å². The molecule has 1 rings (SSSR count). The highest BCUT2D eigenvalue weighted by atomic mass is 16.6. The van der Waals surface area contributed by atoms with Crippen LogP contribution in [0.25, 0.3) is 0 Å². The molecule has 25 heavy (non-hydrogen) atoms. The van der Waals surface area contributed by atoms with Gasteiger partial charge in [0.25, 0.3) is 0 Å². The molecule has 7 nitrogen and oxygen atoms in total. The number of aliphatic hydroxyl groups excluding tert-OH is 2. The van der Waals surface area contributed by atoms with Crippen molar-refractivity contribution in [2.24, 2.45) is 0 Å². The number of carbonyl (C=O) groups is 2. The minimum absolute atomic E-state index is 0.0314. The van der Waals surface area contributed by atoms with E-state index in [1.54, 1.807) is 32.9 Å². The number of amides is 1. The van der Waals surface area contributed by atoms with Crippen molar-refractivity contribution < 1.29 is 29.3 Å². The smallest absolute Gasteiger partial charge is 0.407 e. The molecule has 0 aliphatic heterocycles. The van der Waals surface area contributed by atoms with Gasteiger partial charge in [0, 0.05) is 6.54 Å². The summed E-state index contributed by atoms with van der Waals surface area (Å²) in [6, 6.07) is 9.05. The normalized spacial score (nSPS) is 13.6. The largest absolute Gasteiger partial charge is 0.459 e.